The van der Waals surface area contributed by atoms with Crippen LogP contribution in [0.15, 0.2) is 36.4 Å². The van der Waals surface area contributed by atoms with Crippen LogP contribution in [-0.4, -0.2) is 59.5 Å². The lowest BCUT2D eigenvalue weighted by atomic mass is 9.94. The van der Waals surface area contributed by atoms with E-state index in [4.69, 9.17) is 4.74 Å². The number of nitrogens with zero attached hydrogens (tertiary/aromatic N) is 2. The van der Waals surface area contributed by atoms with Gasteiger partial charge in [0.1, 0.15) is 24.2 Å². The molecule has 1 spiro atoms. The highest BCUT2D eigenvalue weighted by Crippen LogP contribution is 2.46. The predicted molar refractivity (Wildman–Crippen MR) is 125 cm³/mol. The molecule has 2 N–H and O–H groups in total. The molecule has 9 nitrogen and oxygen atoms in total. The number of nitrogens with one attached hydrogen (secondary N) is 2. The van der Waals surface area contributed by atoms with E-state index in [0.29, 0.717) is 39.6 Å². The number of halogens is 5. The van der Waals surface area contributed by atoms with Crippen LogP contribution in [-0.2, 0) is 32.9 Å². The van der Waals surface area contributed by atoms with E-state index in [2.05, 4.69) is 10.6 Å². The zero-order valence-corrected chi connectivity index (χ0v) is 20.7. The second-order valence-corrected chi connectivity index (χ2v) is 9.18. The Morgan fingerprint density at radius 2 is 1.79 bits per heavy atom. The number of hydrogen-bond donors (Lipinski definition) is 2. The van der Waals surface area contributed by atoms with Gasteiger partial charge in [-0.2, -0.15) is 13.2 Å². The maximum absolute atomic E-state index is 13.6. The molecule has 2 aliphatic rings. The van der Waals surface area contributed by atoms with Gasteiger partial charge in [0.15, 0.2) is 0 Å². The molecule has 0 radical (unpaired) electrons. The molecule has 0 bridgehead atoms. The van der Waals surface area contributed by atoms with E-state index in [1.807, 2.05) is 0 Å². The van der Waals surface area contributed by atoms with Gasteiger partial charge in [0.2, 0.25) is 11.5 Å². The van der Waals surface area contributed by atoms with E-state index >= 15 is 0 Å². The van der Waals surface area contributed by atoms with E-state index in [-0.39, 0.29) is 18.4 Å². The lowest BCUT2D eigenvalue weighted by Gasteiger charge is -2.31. The largest absolute Gasteiger partial charge is 0.427 e. The van der Waals surface area contributed by atoms with Crippen molar-refractivity contribution in [1.82, 2.24) is 15.1 Å². The number of carbonyl (C=O) groups is 4. The Hall–Kier alpha value is -4.23. The first-order valence-corrected chi connectivity index (χ1v) is 11.7. The van der Waals surface area contributed by atoms with Gasteiger partial charge in [-0.25, -0.2) is 23.3 Å². The number of hydrogen-bond acceptors (Lipinski definition) is 5. The zero-order chi connectivity index (χ0) is 28.7. The SMILES string of the molecule is CNC(=O)Nc1ccc2c(c1)CC[C@@]21OC(=O)N(CC(=O)N(Cc2cc(F)cc(F)c2)C(C)C(F)(F)F)C1=O. The molecule has 1 fully saturated rings. The summed E-state index contributed by atoms with van der Waals surface area (Å²) in [5, 5.41) is 4.96. The molecule has 1 aliphatic carbocycles. The van der Waals surface area contributed by atoms with Gasteiger partial charge >= 0.3 is 18.3 Å². The molecular formula is C25H23F5N4O5. The van der Waals surface area contributed by atoms with Gasteiger partial charge in [-0.15, -0.1) is 0 Å². The third kappa shape index (κ3) is 5.36. The topological polar surface area (TPSA) is 108 Å². The molecule has 0 aromatic heterocycles. The molecular weight excluding hydrogens is 531 g/mol. The molecule has 4 rings (SSSR count). The molecule has 39 heavy (non-hydrogen) atoms. The quantitative estimate of drug-likeness (QED) is 0.528. The number of carbonyl (C=O) groups excluding carboxylic acids is 4. The summed E-state index contributed by atoms with van der Waals surface area (Å²) in [7, 11) is 1.43. The van der Waals surface area contributed by atoms with Crippen LogP contribution in [0.3, 0.4) is 0 Å². The summed E-state index contributed by atoms with van der Waals surface area (Å²) in [6.07, 6.45) is -5.83. The zero-order valence-electron chi connectivity index (χ0n) is 20.7. The van der Waals surface area contributed by atoms with Crippen molar-refractivity contribution in [3.05, 3.63) is 64.7 Å². The first-order chi connectivity index (χ1) is 18.2. The molecule has 208 valence electrons. The Labute approximate surface area is 218 Å². The summed E-state index contributed by atoms with van der Waals surface area (Å²) in [5.74, 6) is -4.31. The Morgan fingerprint density at radius 1 is 1.13 bits per heavy atom. The fraction of sp³-hybridized carbons (Fsp3) is 0.360. The second kappa shape index (κ2) is 10.2. The number of benzene rings is 2. The smallest absolute Gasteiger partial charge is 0.418 e. The molecule has 1 saturated heterocycles. The summed E-state index contributed by atoms with van der Waals surface area (Å²) in [5.41, 5.74) is -0.688. The van der Waals surface area contributed by atoms with Crippen LogP contribution < -0.4 is 10.6 Å². The molecule has 14 heteroatoms. The monoisotopic (exact) mass is 554 g/mol. The van der Waals surface area contributed by atoms with Gasteiger partial charge in [-0.1, -0.05) is 6.07 Å². The first kappa shape index (κ1) is 27.8. The minimum absolute atomic E-state index is 0.0201. The standard InChI is InChI=1S/C25H23F5N4O5/c1-13(25(28,29)30)33(11-14-7-16(26)10-17(27)8-14)20(35)12-34-21(36)24(39-23(34)38)6-5-15-9-18(3-4-19(15)24)32-22(37)31-2/h3-4,7-10,13H,5-6,11-12H2,1-2H3,(H2,31,32,37)/t13?,24-/m1/s1. The van der Waals surface area contributed by atoms with Crippen LogP contribution in [0.1, 0.15) is 30.0 Å². The minimum Gasteiger partial charge on any atom is -0.427 e. The Kier molecular flexibility index (Phi) is 7.23. The molecule has 1 heterocycles. The van der Waals surface area contributed by atoms with Crippen LogP contribution >= 0.6 is 0 Å². The highest BCUT2D eigenvalue weighted by molar-refractivity contribution is 6.06. The van der Waals surface area contributed by atoms with Crippen LogP contribution in [0, 0.1) is 11.6 Å². The van der Waals surface area contributed by atoms with Crippen LogP contribution in [0.5, 0.6) is 0 Å². The lowest BCUT2D eigenvalue weighted by molar-refractivity contribution is -0.187. The van der Waals surface area contributed by atoms with E-state index in [1.165, 1.54) is 19.2 Å². The van der Waals surface area contributed by atoms with Crippen LogP contribution in [0.25, 0.3) is 0 Å². The van der Waals surface area contributed by atoms with E-state index in [0.717, 1.165) is 12.1 Å². The Balaban J connectivity index is 1.58. The highest BCUT2D eigenvalue weighted by Gasteiger charge is 2.58. The number of amides is 5. The van der Waals surface area contributed by atoms with Gasteiger partial charge in [-0.05, 0) is 48.7 Å². The van der Waals surface area contributed by atoms with Gasteiger partial charge in [0.05, 0.1) is 0 Å². The Morgan fingerprint density at radius 3 is 2.41 bits per heavy atom. The number of imide groups is 1. The van der Waals surface area contributed by atoms with Crippen LogP contribution in [0.4, 0.5) is 37.2 Å². The maximum Gasteiger partial charge on any atom is 0.418 e. The van der Waals surface area contributed by atoms with Gasteiger partial charge in [0, 0.05) is 37.3 Å². The summed E-state index contributed by atoms with van der Waals surface area (Å²) >= 11 is 0. The van der Waals surface area contributed by atoms with E-state index in [1.54, 1.807) is 6.07 Å². The summed E-state index contributed by atoms with van der Waals surface area (Å²) in [6, 6.07) is 3.77. The number of aryl methyl sites for hydroxylation is 1. The third-order valence-electron chi connectivity index (χ3n) is 6.67. The summed E-state index contributed by atoms with van der Waals surface area (Å²) < 4.78 is 73.4. The second-order valence-electron chi connectivity index (χ2n) is 9.18. The van der Waals surface area contributed by atoms with Crippen molar-refractivity contribution in [3.63, 3.8) is 0 Å². The lowest BCUT2D eigenvalue weighted by Crippen LogP contribution is -2.51. The molecule has 0 saturated carbocycles. The average Bonchev–Trinajstić information content (AvgIpc) is 3.32. The fourth-order valence-corrected chi connectivity index (χ4v) is 4.67. The van der Waals surface area contributed by atoms with Crippen molar-refractivity contribution >= 4 is 29.6 Å². The molecule has 5 amide bonds. The van der Waals surface area contributed by atoms with Gasteiger partial charge < -0.3 is 20.3 Å². The van der Waals surface area contributed by atoms with Crippen LogP contribution in [0.2, 0.25) is 0 Å². The molecule has 1 unspecified atom stereocenters. The van der Waals surface area contributed by atoms with Crippen molar-refractivity contribution in [2.24, 2.45) is 0 Å². The van der Waals surface area contributed by atoms with Crippen molar-refractivity contribution in [3.8, 4) is 0 Å². The van der Waals surface area contributed by atoms with Gasteiger partial charge in [0.25, 0.3) is 5.91 Å². The van der Waals surface area contributed by atoms with Crippen molar-refractivity contribution < 1.29 is 45.9 Å². The number of ether oxygens (including phenoxy) is 1. The number of anilines is 1. The molecule has 2 aromatic rings. The van der Waals surface area contributed by atoms with Gasteiger partial charge in [-0.3, -0.25) is 9.59 Å². The normalized spacial score (nSPS) is 19.1. The number of rotatable bonds is 6. The van der Waals surface area contributed by atoms with Crippen molar-refractivity contribution in [2.75, 3.05) is 18.9 Å². The highest BCUT2D eigenvalue weighted by atomic mass is 19.4. The number of urea groups is 1. The fourth-order valence-electron chi connectivity index (χ4n) is 4.67. The molecule has 1 aliphatic heterocycles. The summed E-state index contributed by atoms with van der Waals surface area (Å²) in [4.78, 5) is 51.5. The van der Waals surface area contributed by atoms with E-state index in [9.17, 15) is 41.1 Å². The predicted octanol–water partition coefficient (Wildman–Crippen LogP) is 3.82. The maximum atomic E-state index is 13.6. The molecule has 2 atom stereocenters. The number of alkyl halides is 3. The third-order valence-corrected chi connectivity index (χ3v) is 6.67. The minimum atomic E-state index is -4.91. The molecule has 2 aromatic carbocycles. The summed E-state index contributed by atoms with van der Waals surface area (Å²) in [6.45, 7) is -1.24. The Bertz CT molecular complexity index is 1330. The van der Waals surface area contributed by atoms with Crippen molar-refractivity contribution in [1.29, 1.82) is 0 Å². The number of fused-ring (bicyclic) bond motifs is 2. The van der Waals surface area contributed by atoms with Crippen molar-refractivity contribution in [2.45, 2.75) is 44.1 Å². The average molecular weight is 554 g/mol. The van der Waals surface area contributed by atoms with E-state index < -0.39 is 66.5 Å². The first-order valence-electron chi connectivity index (χ1n) is 11.7.